The molecular formula is C13H17NO3. The zero-order valence-corrected chi connectivity index (χ0v) is 10.3. The van der Waals surface area contributed by atoms with Crippen molar-refractivity contribution in [3.63, 3.8) is 0 Å². The van der Waals surface area contributed by atoms with Gasteiger partial charge in [-0.3, -0.25) is 4.79 Å². The third-order valence-electron chi connectivity index (χ3n) is 2.53. The van der Waals surface area contributed by atoms with Gasteiger partial charge >= 0.3 is 0 Å². The number of rotatable bonds is 5. The van der Waals surface area contributed by atoms with Gasteiger partial charge in [0.15, 0.2) is 0 Å². The second kappa shape index (κ2) is 6.03. The molecule has 0 fully saturated rings. The average molecular weight is 235 g/mol. The summed E-state index contributed by atoms with van der Waals surface area (Å²) in [5, 5.41) is 2.70. The van der Waals surface area contributed by atoms with Crippen LogP contribution in [0.4, 0.5) is 5.69 Å². The zero-order valence-electron chi connectivity index (χ0n) is 10.3. The second-order valence-electron chi connectivity index (χ2n) is 4.12. The number of benzene rings is 1. The Morgan fingerprint density at radius 1 is 1.29 bits per heavy atom. The van der Waals surface area contributed by atoms with Gasteiger partial charge in [0.1, 0.15) is 12.0 Å². The van der Waals surface area contributed by atoms with E-state index in [0.29, 0.717) is 12.0 Å². The van der Waals surface area contributed by atoms with Crippen LogP contribution < -0.4 is 10.1 Å². The SMILES string of the molecule is COc1ccc(NC(=O)C(C=O)C(C)C)cc1. The molecule has 0 radical (unpaired) electrons. The molecule has 4 heteroatoms. The molecule has 92 valence electrons. The highest BCUT2D eigenvalue weighted by Gasteiger charge is 2.21. The Hall–Kier alpha value is -1.84. The maximum Gasteiger partial charge on any atom is 0.234 e. The minimum Gasteiger partial charge on any atom is -0.497 e. The molecule has 0 heterocycles. The Bertz CT molecular complexity index is 384. The lowest BCUT2D eigenvalue weighted by Gasteiger charge is -2.14. The third kappa shape index (κ3) is 3.59. The highest BCUT2D eigenvalue weighted by molar-refractivity contribution is 6.00. The van der Waals surface area contributed by atoms with Crippen LogP contribution in [0.25, 0.3) is 0 Å². The van der Waals surface area contributed by atoms with Gasteiger partial charge in [-0.1, -0.05) is 13.8 Å². The summed E-state index contributed by atoms with van der Waals surface area (Å²) in [6.07, 6.45) is 0.684. The molecule has 1 aromatic rings. The molecular weight excluding hydrogens is 218 g/mol. The van der Waals surface area contributed by atoms with Crippen molar-refractivity contribution in [3.8, 4) is 5.75 Å². The van der Waals surface area contributed by atoms with Crippen molar-refractivity contribution in [1.82, 2.24) is 0 Å². The van der Waals surface area contributed by atoms with Gasteiger partial charge in [0.2, 0.25) is 5.91 Å². The number of methoxy groups -OCH3 is 1. The van der Waals surface area contributed by atoms with E-state index in [9.17, 15) is 9.59 Å². The van der Waals surface area contributed by atoms with E-state index in [2.05, 4.69) is 5.32 Å². The van der Waals surface area contributed by atoms with E-state index in [1.165, 1.54) is 0 Å². The van der Waals surface area contributed by atoms with Gasteiger partial charge in [0, 0.05) is 5.69 Å². The van der Waals surface area contributed by atoms with Gasteiger partial charge in [-0.2, -0.15) is 0 Å². The van der Waals surface area contributed by atoms with Gasteiger partial charge in [-0.15, -0.1) is 0 Å². The van der Waals surface area contributed by atoms with E-state index in [-0.39, 0.29) is 11.8 Å². The van der Waals surface area contributed by atoms with Crippen LogP contribution >= 0.6 is 0 Å². The number of anilines is 1. The molecule has 1 N–H and O–H groups in total. The number of carbonyl (C=O) groups is 2. The second-order valence-corrected chi connectivity index (χ2v) is 4.12. The number of aldehydes is 1. The van der Waals surface area contributed by atoms with E-state index in [4.69, 9.17) is 4.74 Å². The summed E-state index contributed by atoms with van der Waals surface area (Å²) in [6.45, 7) is 3.68. The number of amides is 1. The van der Waals surface area contributed by atoms with Crippen LogP contribution in [0.3, 0.4) is 0 Å². The highest BCUT2D eigenvalue weighted by atomic mass is 16.5. The largest absolute Gasteiger partial charge is 0.497 e. The summed E-state index contributed by atoms with van der Waals surface area (Å²) in [7, 11) is 1.58. The highest BCUT2D eigenvalue weighted by Crippen LogP contribution is 2.17. The molecule has 0 saturated heterocycles. The average Bonchev–Trinajstić information content (AvgIpc) is 2.30. The standard InChI is InChI=1S/C13H17NO3/c1-9(2)12(8-15)13(16)14-10-4-6-11(17-3)7-5-10/h4-9,12H,1-3H3,(H,14,16). The lowest BCUT2D eigenvalue weighted by atomic mass is 9.96. The number of nitrogens with one attached hydrogen (secondary N) is 1. The first-order valence-electron chi connectivity index (χ1n) is 5.48. The third-order valence-corrected chi connectivity index (χ3v) is 2.53. The van der Waals surface area contributed by atoms with Crippen molar-refractivity contribution in [3.05, 3.63) is 24.3 Å². The Balaban J connectivity index is 2.69. The summed E-state index contributed by atoms with van der Waals surface area (Å²) in [5.41, 5.74) is 0.656. The van der Waals surface area contributed by atoms with Crippen molar-refractivity contribution >= 4 is 17.9 Å². The predicted octanol–water partition coefficient (Wildman–Crippen LogP) is 2.10. The minimum atomic E-state index is -0.614. The van der Waals surface area contributed by atoms with E-state index in [1.54, 1.807) is 31.4 Å². The Morgan fingerprint density at radius 2 is 1.88 bits per heavy atom. The van der Waals surface area contributed by atoms with Gasteiger partial charge in [0.25, 0.3) is 0 Å². The van der Waals surface area contributed by atoms with E-state index in [0.717, 1.165) is 5.75 Å². The van der Waals surface area contributed by atoms with E-state index in [1.807, 2.05) is 13.8 Å². The van der Waals surface area contributed by atoms with Gasteiger partial charge in [0.05, 0.1) is 13.0 Å². The summed E-state index contributed by atoms with van der Waals surface area (Å²) in [6, 6.07) is 6.97. The van der Waals surface area contributed by atoms with Crippen molar-refractivity contribution < 1.29 is 14.3 Å². The predicted molar refractivity (Wildman–Crippen MR) is 66.0 cm³/mol. The molecule has 0 aliphatic rings. The molecule has 0 saturated carbocycles. The first-order chi connectivity index (χ1) is 8.08. The van der Waals surface area contributed by atoms with Crippen molar-refractivity contribution in [1.29, 1.82) is 0 Å². The van der Waals surface area contributed by atoms with Crippen LogP contribution in [0.2, 0.25) is 0 Å². The first-order valence-corrected chi connectivity index (χ1v) is 5.48. The maximum absolute atomic E-state index is 11.8. The van der Waals surface area contributed by atoms with E-state index < -0.39 is 5.92 Å². The Labute approximate surface area is 101 Å². The number of carbonyl (C=O) groups excluding carboxylic acids is 2. The van der Waals surface area contributed by atoms with Crippen LogP contribution in [-0.4, -0.2) is 19.3 Å². The lowest BCUT2D eigenvalue weighted by Crippen LogP contribution is -2.28. The monoisotopic (exact) mass is 235 g/mol. The van der Waals surface area contributed by atoms with Crippen LogP contribution in [0.1, 0.15) is 13.8 Å². The molecule has 0 spiro atoms. The molecule has 0 bridgehead atoms. The molecule has 1 unspecified atom stereocenters. The quantitative estimate of drug-likeness (QED) is 0.628. The lowest BCUT2D eigenvalue weighted by molar-refractivity contribution is -0.126. The van der Waals surface area contributed by atoms with Crippen LogP contribution in [0, 0.1) is 11.8 Å². The van der Waals surface area contributed by atoms with Gasteiger partial charge < -0.3 is 14.8 Å². The Morgan fingerprint density at radius 3 is 2.29 bits per heavy atom. The zero-order chi connectivity index (χ0) is 12.8. The molecule has 4 nitrogen and oxygen atoms in total. The molecule has 1 rings (SSSR count). The summed E-state index contributed by atoms with van der Waals surface area (Å²) >= 11 is 0. The molecule has 1 aromatic carbocycles. The van der Waals surface area contributed by atoms with Crippen molar-refractivity contribution in [2.24, 2.45) is 11.8 Å². The number of hydrogen-bond donors (Lipinski definition) is 1. The van der Waals surface area contributed by atoms with Gasteiger partial charge in [-0.25, -0.2) is 0 Å². The van der Waals surface area contributed by atoms with Crippen molar-refractivity contribution in [2.45, 2.75) is 13.8 Å². The summed E-state index contributed by atoms with van der Waals surface area (Å²) in [4.78, 5) is 22.6. The molecule has 1 atom stereocenters. The van der Waals surface area contributed by atoms with Gasteiger partial charge in [-0.05, 0) is 30.2 Å². The van der Waals surface area contributed by atoms with Crippen molar-refractivity contribution in [2.75, 3.05) is 12.4 Å². The normalized spacial score (nSPS) is 12.0. The molecule has 0 aliphatic heterocycles. The smallest absolute Gasteiger partial charge is 0.234 e. The maximum atomic E-state index is 11.8. The first kappa shape index (κ1) is 13.2. The fraction of sp³-hybridized carbons (Fsp3) is 0.385. The molecule has 0 aromatic heterocycles. The van der Waals surface area contributed by atoms with Crippen LogP contribution in [0.15, 0.2) is 24.3 Å². The molecule has 1 amide bonds. The fourth-order valence-corrected chi connectivity index (χ4v) is 1.42. The number of ether oxygens (including phenoxy) is 1. The van der Waals surface area contributed by atoms with Crippen LogP contribution in [-0.2, 0) is 9.59 Å². The molecule has 17 heavy (non-hydrogen) atoms. The Kier molecular flexibility index (Phi) is 4.69. The van der Waals surface area contributed by atoms with E-state index >= 15 is 0 Å². The summed E-state index contributed by atoms with van der Waals surface area (Å²) < 4.78 is 5.01. The summed E-state index contributed by atoms with van der Waals surface area (Å²) in [5.74, 6) is -0.179. The molecule has 0 aliphatic carbocycles. The topological polar surface area (TPSA) is 55.4 Å². The fourth-order valence-electron chi connectivity index (χ4n) is 1.42. The number of hydrogen-bond acceptors (Lipinski definition) is 3. The van der Waals surface area contributed by atoms with Crippen LogP contribution in [0.5, 0.6) is 5.75 Å². The minimum absolute atomic E-state index is 0.00857.